The molecule has 0 saturated heterocycles. The molecular formula is C14H13FN4OS. The van der Waals surface area contributed by atoms with Gasteiger partial charge in [0, 0.05) is 17.4 Å². The Morgan fingerprint density at radius 1 is 1.43 bits per heavy atom. The number of amides is 1. The summed E-state index contributed by atoms with van der Waals surface area (Å²) in [5.74, 6) is -0.468. The molecule has 2 aromatic heterocycles. The first-order valence-electron chi connectivity index (χ1n) is 6.37. The highest BCUT2D eigenvalue weighted by molar-refractivity contribution is 7.20. The first kappa shape index (κ1) is 13.6. The minimum absolute atomic E-state index is 0.170. The number of anilines is 1. The predicted molar refractivity (Wildman–Crippen MR) is 80.8 cm³/mol. The van der Waals surface area contributed by atoms with Crippen molar-refractivity contribution in [1.82, 2.24) is 15.1 Å². The van der Waals surface area contributed by atoms with Crippen LogP contribution in [-0.2, 0) is 6.54 Å². The van der Waals surface area contributed by atoms with Crippen LogP contribution in [-0.4, -0.2) is 22.2 Å². The van der Waals surface area contributed by atoms with Gasteiger partial charge in [0.05, 0.1) is 23.3 Å². The van der Waals surface area contributed by atoms with Crippen molar-refractivity contribution in [3.8, 4) is 0 Å². The van der Waals surface area contributed by atoms with Gasteiger partial charge in [0.15, 0.2) is 0 Å². The molecule has 0 aliphatic rings. The number of fused-ring (bicyclic) bond motifs is 1. The Labute approximate surface area is 124 Å². The smallest absolute Gasteiger partial charge is 0.261 e. The van der Waals surface area contributed by atoms with Gasteiger partial charge in [-0.1, -0.05) is 6.07 Å². The van der Waals surface area contributed by atoms with Gasteiger partial charge in [-0.25, -0.2) is 4.39 Å². The minimum Gasteiger partial charge on any atom is -0.396 e. The number of hydrogen-bond donors (Lipinski definition) is 2. The van der Waals surface area contributed by atoms with Crippen LogP contribution in [0.15, 0.2) is 36.7 Å². The molecule has 0 bridgehead atoms. The van der Waals surface area contributed by atoms with Crippen molar-refractivity contribution in [2.75, 3.05) is 12.3 Å². The molecule has 1 aromatic carbocycles. The third kappa shape index (κ3) is 3.03. The van der Waals surface area contributed by atoms with E-state index in [1.54, 1.807) is 29.2 Å². The Kier molecular flexibility index (Phi) is 3.57. The summed E-state index contributed by atoms with van der Waals surface area (Å²) in [6.45, 7) is 0.991. The molecule has 1 amide bonds. The van der Waals surface area contributed by atoms with E-state index in [-0.39, 0.29) is 11.7 Å². The van der Waals surface area contributed by atoms with E-state index in [1.807, 2.05) is 0 Å². The lowest BCUT2D eigenvalue weighted by Gasteiger charge is -2.03. The van der Waals surface area contributed by atoms with Gasteiger partial charge >= 0.3 is 0 Å². The van der Waals surface area contributed by atoms with Crippen LogP contribution in [0, 0.1) is 5.82 Å². The first-order valence-corrected chi connectivity index (χ1v) is 7.19. The second-order valence-corrected chi connectivity index (χ2v) is 5.67. The van der Waals surface area contributed by atoms with E-state index < -0.39 is 0 Å². The van der Waals surface area contributed by atoms with Gasteiger partial charge in [0.2, 0.25) is 0 Å². The van der Waals surface area contributed by atoms with Crippen LogP contribution in [0.3, 0.4) is 0 Å². The number of rotatable bonds is 4. The van der Waals surface area contributed by atoms with Crippen molar-refractivity contribution in [3.05, 3.63) is 47.4 Å². The molecule has 0 aliphatic heterocycles. The summed E-state index contributed by atoms with van der Waals surface area (Å²) in [6, 6.07) is 6.26. The van der Waals surface area contributed by atoms with E-state index in [4.69, 9.17) is 5.73 Å². The minimum atomic E-state index is -0.299. The van der Waals surface area contributed by atoms with Crippen LogP contribution in [0.1, 0.15) is 9.67 Å². The maximum absolute atomic E-state index is 13.1. The molecule has 5 nitrogen and oxygen atoms in total. The zero-order valence-corrected chi connectivity index (χ0v) is 11.9. The predicted octanol–water partition coefficient (Wildman–Crippen LogP) is 2.25. The molecule has 0 saturated carbocycles. The monoisotopic (exact) mass is 304 g/mol. The van der Waals surface area contributed by atoms with Crippen LogP contribution >= 0.6 is 11.3 Å². The number of nitrogens with one attached hydrogen (secondary N) is 1. The lowest BCUT2D eigenvalue weighted by atomic mass is 10.2. The number of carbonyl (C=O) groups excluding carboxylic acids is 1. The van der Waals surface area contributed by atoms with Gasteiger partial charge in [-0.2, -0.15) is 5.10 Å². The quantitative estimate of drug-likeness (QED) is 0.776. The maximum atomic E-state index is 13.1. The van der Waals surface area contributed by atoms with Crippen LogP contribution in [0.5, 0.6) is 0 Å². The van der Waals surface area contributed by atoms with Gasteiger partial charge in [-0.15, -0.1) is 11.3 Å². The van der Waals surface area contributed by atoms with Gasteiger partial charge in [0.25, 0.3) is 5.91 Å². The number of halogens is 1. The number of carbonyl (C=O) groups is 1. The molecule has 108 valence electrons. The molecule has 7 heteroatoms. The first-order chi connectivity index (χ1) is 10.1. The van der Waals surface area contributed by atoms with E-state index in [0.717, 1.165) is 10.1 Å². The van der Waals surface area contributed by atoms with E-state index in [0.29, 0.717) is 23.7 Å². The fraction of sp³-hybridized carbons (Fsp3) is 0.143. The Morgan fingerprint density at radius 2 is 2.29 bits per heavy atom. The molecular weight excluding hydrogens is 291 g/mol. The highest BCUT2D eigenvalue weighted by Crippen LogP contribution is 2.26. The number of aromatic nitrogens is 2. The van der Waals surface area contributed by atoms with Gasteiger partial charge in [-0.05, 0) is 23.6 Å². The molecule has 3 N–H and O–H groups in total. The van der Waals surface area contributed by atoms with Crippen LogP contribution in [0.4, 0.5) is 10.1 Å². The van der Waals surface area contributed by atoms with E-state index in [1.165, 1.54) is 23.5 Å². The third-order valence-corrected chi connectivity index (χ3v) is 4.08. The standard InChI is InChI=1S/C14H13FN4OS/c15-10-2-1-9-5-13(21-12(9)6-10)14(20)17-3-4-19-8-11(16)7-18-19/h1-2,5-8H,3-4,16H2,(H,17,20). The summed E-state index contributed by atoms with van der Waals surface area (Å²) in [5.41, 5.74) is 6.15. The van der Waals surface area contributed by atoms with Crippen molar-refractivity contribution >= 4 is 33.0 Å². The van der Waals surface area contributed by atoms with Crippen LogP contribution in [0.25, 0.3) is 10.1 Å². The Bertz CT molecular complexity index is 795. The molecule has 2 heterocycles. The van der Waals surface area contributed by atoms with Gasteiger partial charge < -0.3 is 11.1 Å². The molecule has 0 unspecified atom stereocenters. The van der Waals surface area contributed by atoms with Crippen LogP contribution < -0.4 is 11.1 Å². The summed E-state index contributed by atoms with van der Waals surface area (Å²) in [5, 5.41) is 7.71. The summed E-state index contributed by atoms with van der Waals surface area (Å²) in [6.07, 6.45) is 3.26. The second-order valence-electron chi connectivity index (χ2n) is 4.59. The van der Waals surface area contributed by atoms with Crippen molar-refractivity contribution in [2.24, 2.45) is 0 Å². The highest BCUT2D eigenvalue weighted by atomic mass is 32.1. The largest absolute Gasteiger partial charge is 0.396 e. The number of benzene rings is 1. The molecule has 0 spiro atoms. The third-order valence-electron chi connectivity index (χ3n) is 2.99. The summed E-state index contributed by atoms with van der Waals surface area (Å²) >= 11 is 1.28. The van der Waals surface area contributed by atoms with Crippen LogP contribution in [0.2, 0.25) is 0 Å². The fourth-order valence-electron chi connectivity index (χ4n) is 1.99. The number of nitrogens with zero attached hydrogens (tertiary/aromatic N) is 2. The van der Waals surface area contributed by atoms with Gasteiger partial charge in [0.1, 0.15) is 5.82 Å². The zero-order valence-electron chi connectivity index (χ0n) is 11.0. The molecule has 0 radical (unpaired) electrons. The highest BCUT2D eigenvalue weighted by Gasteiger charge is 2.10. The molecule has 3 aromatic rings. The average molecular weight is 304 g/mol. The molecule has 0 atom stereocenters. The number of thiophene rings is 1. The Hall–Kier alpha value is -2.41. The van der Waals surface area contributed by atoms with E-state index >= 15 is 0 Å². The van der Waals surface area contributed by atoms with Gasteiger partial charge in [-0.3, -0.25) is 9.48 Å². The summed E-state index contributed by atoms with van der Waals surface area (Å²) < 4.78 is 15.6. The Balaban J connectivity index is 1.63. The fourth-order valence-corrected chi connectivity index (χ4v) is 2.99. The summed E-state index contributed by atoms with van der Waals surface area (Å²) in [4.78, 5) is 12.6. The molecule has 21 heavy (non-hydrogen) atoms. The Morgan fingerprint density at radius 3 is 3.05 bits per heavy atom. The molecule has 0 aliphatic carbocycles. The number of nitrogens with two attached hydrogens (primary N) is 1. The molecule has 3 rings (SSSR count). The van der Waals surface area contributed by atoms with Crippen molar-refractivity contribution in [2.45, 2.75) is 6.54 Å². The van der Waals surface area contributed by atoms with E-state index in [9.17, 15) is 9.18 Å². The number of hydrogen-bond acceptors (Lipinski definition) is 4. The normalized spacial score (nSPS) is 10.9. The number of nitrogen functional groups attached to an aromatic ring is 1. The molecule has 0 fully saturated rings. The van der Waals surface area contributed by atoms with Crippen molar-refractivity contribution < 1.29 is 9.18 Å². The van der Waals surface area contributed by atoms with E-state index in [2.05, 4.69) is 10.4 Å². The lowest BCUT2D eigenvalue weighted by molar-refractivity contribution is 0.0956. The topological polar surface area (TPSA) is 72.9 Å². The lowest BCUT2D eigenvalue weighted by Crippen LogP contribution is -2.26. The van der Waals surface area contributed by atoms with Crippen molar-refractivity contribution in [1.29, 1.82) is 0 Å². The average Bonchev–Trinajstić information content (AvgIpc) is 3.04. The van der Waals surface area contributed by atoms with Crippen molar-refractivity contribution in [3.63, 3.8) is 0 Å². The maximum Gasteiger partial charge on any atom is 0.261 e. The SMILES string of the molecule is Nc1cnn(CCNC(=O)c2cc3ccc(F)cc3s2)c1. The zero-order chi connectivity index (χ0) is 14.8. The summed E-state index contributed by atoms with van der Waals surface area (Å²) in [7, 11) is 0. The second kappa shape index (κ2) is 5.53.